The Labute approximate surface area is 75.0 Å². The van der Waals surface area contributed by atoms with Crippen molar-refractivity contribution in [1.29, 1.82) is 0 Å². The van der Waals surface area contributed by atoms with Crippen LogP contribution in [0.25, 0.3) is 0 Å². The summed E-state index contributed by atoms with van der Waals surface area (Å²) in [5.41, 5.74) is 2.25. The Balaban J connectivity index is 0.00000121. The van der Waals surface area contributed by atoms with Crippen molar-refractivity contribution in [2.75, 3.05) is 5.43 Å². The maximum Gasteiger partial charge on any atom is 0.339 e. The molecule has 0 unspecified atom stereocenters. The molecule has 0 fully saturated rings. The fraction of sp³-hybridized carbons (Fsp3) is 0. The van der Waals surface area contributed by atoms with Crippen LogP contribution in [0.2, 0.25) is 0 Å². The van der Waals surface area contributed by atoms with Gasteiger partial charge in [-0.05, 0) is 12.1 Å². The summed E-state index contributed by atoms with van der Waals surface area (Å²) in [4.78, 5) is 14.1. The Morgan fingerprint density at radius 1 is 1.67 bits per heavy atom. The Hall–Kier alpha value is -1.33. The second kappa shape index (κ2) is 4.53. The molecule has 6 heteroatoms. The van der Waals surface area contributed by atoms with E-state index in [1.807, 2.05) is 0 Å². The van der Waals surface area contributed by atoms with E-state index < -0.39 is 5.97 Å². The number of carbonyl (C=O) groups is 1. The van der Waals surface area contributed by atoms with Crippen LogP contribution in [0.3, 0.4) is 0 Å². The number of hydrogen-bond acceptors (Lipinski definition) is 4. The molecule has 0 radical (unpaired) electrons. The first-order chi connectivity index (χ1) is 5.25. The van der Waals surface area contributed by atoms with Gasteiger partial charge in [0.05, 0.1) is 0 Å². The Morgan fingerprint density at radius 3 is 2.75 bits per heavy atom. The van der Waals surface area contributed by atoms with Gasteiger partial charge in [-0.2, -0.15) is 0 Å². The molecule has 0 aliphatic rings. The van der Waals surface area contributed by atoms with Crippen LogP contribution in [0.15, 0.2) is 18.3 Å². The smallest absolute Gasteiger partial charge is 0.339 e. The molecule has 1 rings (SSSR count). The molecule has 0 atom stereocenters. The van der Waals surface area contributed by atoms with E-state index in [0.717, 1.165) is 0 Å². The number of nitrogen functional groups attached to an aromatic ring is 1. The summed E-state index contributed by atoms with van der Waals surface area (Å²) in [6, 6.07) is 2.95. The minimum Gasteiger partial charge on any atom is -0.478 e. The first-order valence-corrected chi connectivity index (χ1v) is 2.90. The number of aromatic nitrogens is 1. The highest BCUT2D eigenvalue weighted by molar-refractivity contribution is 5.92. The summed E-state index contributed by atoms with van der Waals surface area (Å²) < 4.78 is 0. The van der Waals surface area contributed by atoms with Gasteiger partial charge >= 0.3 is 5.97 Å². The molecule has 66 valence electrons. The zero-order chi connectivity index (χ0) is 8.27. The van der Waals surface area contributed by atoms with Crippen LogP contribution in [0.1, 0.15) is 10.4 Å². The highest BCUT2D eigenvalue weighted by Gasteiger charge is 2.07. The molecule has 0 saturated carbocycles. The zero-order valence-corrected chi connectivity index (χ0v) is 6.84. The second-order valence-corrected chi connectivity index (χ2v) is 1.85. The van der Waals surface area contributed by atoms with Gasteiger partial charge in [0.1, 0.15) is 5.56 Å². The van der Waals surface area contributed by atoms with Gasteiger partial charge in [0.15, 0.2) is 5.82 Å². The van der Waals surface area contributed by atoms with Gasteiger partial charge in [0.2, 0.25) is 0 Å². The third kappa shape index (κ3) is 2.08. The number of pyridine rings is 1. The number of carboxylic acid groups (broad SMARTS) is 1. The molecule has 1 aromatic heterocycles. The molecular weight excluding hydrogens is 182 g/mol. The number of rotatable bonds is 2. The summed E-state index contributed by atoms with van der Waals surface area (Å²) in [5, 5.41) is 8.56. The van der Waals surface area contributed by atoms with Crippen LogP contribution in [0.5, 0.6) is 0 Å². The normalized spacial score (nSPS) is 8.42. The van der Waals surface area contributed by atoms with Crippen molar-refractivity contribution in [2.24, 2.45) is 5.84 Å². The summed E-state index contributed by atoms with van der Waals surface area (Å²) >= 11 is 0. The average Bonchev–Trinajstić information content (AvgIpc) is 2.04. The predicted octanol–water partition coefficient (Wildman–Crippen LogP) is 0.487. The van der Waals surface area contributed by atoms with E-state index in [9.17, 15) is 4.79 Å². The molecule has 4 N–H and O–H groups in total. The Bertz CT molecular complexity index is 279. The van der Waals surface area contributed by atoms with Gasteiger partial charge in [-0.15, -0.1) is 12.4 Å². The lowest BCUT2D eigenvalue weighted by atomic mass is 10.2. The Kier molecular flexibility index (Phi) is 4.03. The molecule has 0 saturated heterocycles. The summed E-state index contributed by atoms with van der Waals surface area (Å²) in [6.45, 7) is 0. The van der Waals surface area contributed by atoms with E-state index in [4.69, 9.17) is 10.9 Å². The van der Waals surface area contributed by atoms with Crippen LogP contribution in [0, 0.1) is 0 Å². The average molecular weight is 190 g/mol. The van der Waals surface area contributed by atoms with Gasteiger partial charge in [-0.3, -0.25) is 0 Å². The number of carboxylic acids is 1. The highest BCUT2D eigenvalue weighted by Crippen LogP contribution is 2.08. The van der Waals surface area contributed by atoms with Crippen LogP contribution in [-0.4, -0.2) is 16.1 Å². The number of aromatic carboxylic acids is 1. The summed E-state index contributed by atoms with van der Waals surface area (Å²) in [7, 11) is 0. The predicted molar refractivity (Wildman–Crippen MR) is 46.3 cm³/mol. The molecule has 0 aliphatic carbocycles. The van der Waals surface area contributed by atoms with Crippen molar-refractivity contribution in [3.63, 3.8) is 0 Å². The quantitative estimate of drug-likeness (QED) is 0.466. The molecule has 0 amide bonds. The van der Waals surface area contributed by atoms with E-state index >= 15 is 0 Å². The number of hydrazine groups is 1. The number of hydrogen-bond donors (Lipinski definition) is 3. The first-order valence-electron chi connectivity index (χ1n) is 2.90. The molecule has 1 aromatic rings. The van der Waals surface area contributed by atoms with E-state index in [1.54, 1.807) is 0 Å². The molecular formula is C6H8ClN3O2. The van der Waals surface area contributed by atoms with Crippen molar-refractivity contribution in [1.82, 2.24) is 4.98 Å². The minimum atomic E-state index is -1.05. The van der Waals surface area contributed by atoms with Crippen molar-refractivity contribution < 1.29 is 9.90 Å². The number of anilines is 1. The largest absolute Gasteiger partial charge is 0.478 e. The SMILES string of the molecule is Cl.NNc1ncccc1C(=O)O. The minimum absolute atomic E-state index is 0. The fourth-order valence-corrected chi connectivity index (χ4v) is 0.693. The van der Waals surface area contributed by atoms with E-state index in [-0.39, 0.29) is 23.8 Å². The summed E-state index contributed by atoms with van der Waals surface area (Å²) in [5.74, 6) is 4.13. The lowest BCUT2D eigenvalue weighted by Crippen LogP contribution is -2.13. The maximum absolute atomic E-state index is 10.4. The van der Waals surface area contributed by atoms with Crippen molar-refractivity contribution >= 4 is 24.2 Å². The molecule has 0 bridgehead atoms. The molecule has 0 spiro atoms. The van der Waals surface area contributed by atoms with Crippen LogP contribution >= 0.6 is 12.4 Å². The van der Waals surface area contributed by atoms with Gasteiger partial charge < -0.3 is 10.5 Å². The zero-order valence-electron chi connectivity index (χ0n) is 6.02. The lowest BCUT2D eigenvalue weighted by molar-refractivity contribution is 0.0697. The topological polar surface area (TPSA) is 88.2 Å². The molecule has 0 aliphatic heterocycles. The van der Waals surface area contributed by atoms with Crippen LogP contribution in [0.4, 0.5) is 5.82 Å². The van der Waals surface area contributed by atoms with Crippen LogP contribution in [-0.2, 0) is 0 Å². The van der Waals surface area contributed by atoms with Crippen molar-refractivity contribution in [2.45, 2.75) is 0 Å². The van der Waals surface area contributed by atoms with Crippen molar-refractivity contribution in [3.05, 3.63) is 23.9 Å². The Morgan fingerprint density at radius 2 is 2.33 bits per heavy atom. The lowest BCUT2D eigenvalue weighted by Gasteiger charge is -2.00. The van der Waals surface area contributed by atoms with Gasteiger partial charge in [0.25, 0.3) is 0 Å². The first kappa shape index (κ1) is 10.7. The second-order valence-electron chi connectivity index (χ2n) is 1.85. The highest BCUT2D eigenvalue weighted by atomic mass is 35.5. The number of nitrogens with one attached hydrogen (secondary N) is 1. The number of nitrogens with zero attached hydrogens (tertiary/aromatic N) is 1. The maximum atomic E-state index is 10.4. The van der Waals surface area contributed by atoms with Gasteiger partial charge in [-0.1, -0.05) is 0 Å². The third-order valence-corrected chi connectivity index (χ3v) is 1.17. The van der Waals surface area contributed by atoms with E-state index in [2.05, 4.69) is 10.4 Å². The number of nitrogens with two attached hydrogens (primary N) is 1. The van der Waals surface area contributed by atoms with Gasteiger partial charge in [0, 0.05) is 6.20 Å². The number of halogens is 1. The van der Waals surface area contributed by atoms with Gasteiger partial charge in [-0.25, -0.2) is 15.6 Å². The monoisotopic (exact) mass is 189 g/mol. The molecule has 0 aromatic carbocycles. The molecule has 12 heavy (non-hydrogen) atoms. The van der Waals surface area contributed by atoms with E-state index in [1.165, 1.54) is 18.3 Å². The standard InChI is InChI=1S/C6H7N3O2.ClH/c7-9-5-4(6(10)11)2-1-3-8-5;/h1-3H,7H2,(H,8,9)(H,10,11);1H. The summed E-state index contributed by atoms with van der Waals surface area (Å²) in [6.07, 6.45) is 1.46. The third-order valence-electron chi connectivity index (χ3n) is 1.17. The molecule has 1 heterocycles. The van der Waals surface area contributed by atoms with E-state index in [0.29, 0.717) is 0 Å². The molecule has 5 nitrogen and oxygen atoms in total. The van der Waals surface area contributed by atoms with Crippen LogP contribution < -0.4 is 11.3 Å². The fourth-order valence-electron chi connectivity index (χ4n) is 0.693. The van der Waals surface area contributed by atoms with Crippen molar-refractivity contribution in [3.8, 4) is 0 Å².